The second-order valence-corrected chi connectivity index (χ2v) is 6.26. The lowest BCUT2D eigenvalue weighted by molar-refractivity contribution is -0.161. The van der Waals surface area contributed by atoms with E-state index < -0.39 is 33.7 Å². The first-order valence-electron chi connectivity index (χ1n) is 5.43. The molecule has 98 valence electrons. The van der Waals surface area contributed by atoms with Gasteiger partial charge in [-0.3, -0.25) is 14.3 Å². The molecule has 0 aromatic rings. The van der Waals surface area contributed by atoms with Crippen LogP contribution in [0.3, 0.4) is 0 Å². The van der Waals surface area contributed by atoms with Crippen LogP contribution in [0.1, 0.15) is 26.7 Å². The molecule has 1 N–H and O–H groups in total. The zero-order valence-electron chi connectivity index (χ0n) is 10.1. The molecule has 1 aliphatic carbocycles. The predicted molar refractivity (Wildman–Crippen MR) is 60.4 cm³/mol. The van der Waals surface area contributed by atoms with Crippen molar-refractivity contribution in [1.82, 2.24) is 4.72 Å². The smallest absolute Gasteiger partial charge is 0.309 e. The quantitative estimate of drug-likeness (QED) is 0.723. The van der Waals surface area contributed by atoms with Crippen molar-refractivity contribution in [3.05, 3.63) is 0 Å². The first kappa shape index (κ1) is 14.0. The summed E-state index contributed by atoms with van der Waals surface area (Å²) in [4.78, 5) is 23.1. The number of esters is 1. The summed E-state index contributed by atoms with van der Waals surface area (Å²) in [5.74, 6) is -2.15. The van der Waals surface area contributed by atoms with Crippen molar-refractivity contribution in [2.24, 2.45) is 11.8 Å². The Hall–Kier alpha value is -1.11. The molecule has 1 fully saturated rings. The lowest BCUT2D eigenvalue weighted by Crippen LogP contribution is -2.46. The summed E-state index contributed by atoms with van der Waals surface area (Å²) < 4.78 is 28.7. The molecule has 0 aromatic carbocycles. The zero-order chi connectivity index (χ0) is 13.2. The van der Waals surface area contributed by atoms with Crippen molar-refractivity contribution in [3.63, 3.8) is 0 Å². The largest absolute Gasteiger partial charge is 0.463 e. The van der Waals surface area contributed by atoms with Gasteiger partial charge in [0.15, 0.2) is 0 Å². The monoisotopic (exact) mass is 263 g/mol. The molecule has 2 atom stereocenters. The second kappa shape index (κ2) is 5.03. The molecular weight excluding hydrogens is 246 g/mol. The highest BCUT2D eigenvalue weighted by atomic mass is 32.2. The highest BCUT2D eigenvalue weighted by molar-refractivity contribution is 7.89. The number of hydrogen-bond acceptors (Lipinski definition) is 5. The Kier molecular flexibility index (Phi) is 4.13. The van der Waals surface area contributed by atoms with E-state index in [0.29, 0.717) is 12.8 Å². The third-order valence-corrected chi connectivity index (χ3v) is 3.12. The van der Waals surface area contributed by atoms with Gasteiger partial charge in [0.25, 0.3) is 0 Å². The number of carbonyl (C=O) groups is 2. The summed E-state index contributed by atoms with van der Waals surface area (Å²) in [7, 11) is -3.57. The maximum absolute atomic E-state index is 11.6. The Morgan fingerprint density at radius 3 is 2.12 bits per heavy atom. The van der Waals surface area contributed by atoms with Crippen molar-refractivity contribution in [2.45, 2.75) is 32.8 Å². The lowest BCUT2D eigenvalue weighted by Gasteiger charge is -2.33. The molecule has 1 saturated carbocycles. The van der Waals surface area contributed by atoms with E-state index in [-0.39, 0.29) is 6.10 Å². The Labute approximate surface area is 101 Å². The van der Waals surface area contributed by atoms with Crippen LogP contribution in [-0.2, 0) is 24.3 Å². The van der Waals surface area contributed by atoms with Gasteiger partial charge >= 0.3 is 5.97 Å². The minimum atomic E-state index is -3.57. The summed E-state index contributed by atoms with van der Waals surface area (Å²) in [6.45, 7) is 3.45. The average Bonchev–Trinajstić information content (AvgIpc) is 1.94. The van der Waals surface area contributed by atoms with Crippen molar-refractivity contribution < 1.29 is 22.7 Å². The molecule has 17 heavy (non-hydrogen) atoms. The van der Waals surface area contributed by atoms with Crippen LogP contribution in [0.25, 0.3) is 0 Å². The Balaban J connectivity index is 2.57. The van der Waals surface area contributed by atoms with Gasteiger partial charge in [-0.05, 0) is 26.7 Å². The summed E-state index contributed by atoms with van der Waals surface area (Å²) in [6.07, 6.45) is 1.75. The van der Waals surface area contributed by atoms with Crippen LogP contribution in [0.2, 0.25) is 0 Å². The first-order valence-corrected chi connectivity index (χ1v) is 7.32. The first-order chi connectivity index (χ1) is 7.70. The third kappa shape index (κ3) is 3.99. The number of amides is 1. The molecule has 1 amide bonds. The van der Waals surface area contributed by atoms with E-state index in [4.69, 9.17) is 4.74 Å². The fourth-order valence-corrected chi connectivity index (χ4v) is 2.19. The molecule has 0 heterocycles. The van der Waals surface area contributed by atoms with E-state index in [1.165, 1.54) is 0 Å². The molecule has 0 unspecified atom stereocenters. The number of nitrogens with one attached hydrogen (secondary N) is 1. The SMILES string of the molecule is CC(C)OC(=O)[C@@H]1CC[C@@H]1C(=O)NS(C)(=O)=O. The van der Waals surface area contributed by atoms with Gasteiger partial charge in [0.1, 0.15) is 0 Å². The minimum absolute atomic E-state index is 0.235. The number of sulfonamides is 1. The van der Waals surface area contributed by atoms with Crippen LogP contribution in [0.4, 0.5) is 0 Å². The Bertz CT molecular complexity index is 414. The molecule has 0 aromatic heterocycles. The standard InChI is InChI=1S/C10H17NO5S/c1-6(2)16-10(13)8-5-4-7(8)9(12)11-17(3,14)15/h6-8H,4-5H2,1-3H3,(H,11,12)/t7-,8+/m0/s1. The van der Waals surface area contributed by atoms with Crippen molar-refractivity contribution >= 4 is 21.9 Å². The summed E-state index contributed by atoms with van der Waals surface area (Å²) in [5, 5.41) is 0. The molecule has 1 rings (SSSR count). The summed E-state index contributed by atoms with van der Waals surface area (Å²) >= 11 is 0. The van der Waals surface area contributed by atoms with E-state index in [2.05, 4.69) is 0 Å². The third-order valence-electron chi connectivity index (χ3n) is 2.55. The molecule has 7 heteroatoms. The number of rotatable bonds is 4. The predicted octanol–water partition coefficient (Wildman–Crippen LogP) is 0.0400. The van der Waals surface area contributed by atoms with E-state index in [1.807, 2.05) is 4.72 Å². The Morgan fingerprint density at radius 2 is 1.76 bits per heavy atom. The van der Waals surface area contributed by atoms with Crippen LogP contribution in [-0.4, -0.2) is 32.7 Å². The van der Waals surface area contributed by atoms with Gasteiger partial charge in [0.05, 0.1) is 24.2 Å². The van der Waals surface area contributed by atoms with Crippen LogP contribution in [0, 0.1) is 11.8 Å². The van der Waals surface area contributed by atoms with Gasteiger partial charge in [-0.25, -0.2) is 8.42 Å². The van der Waals surface area contributed by atoms with Gasteiger partial charge in [0, 0.05) is 0 Å². The number of ether oxygens (including phenoxy) is 1. The van der Waals surface area contributed by atoms with Gasteiger partial charge in [-0.15, -0.1) is 0 Å². The Morgan fingerprint density at radius 1 is 1.24 bits per heavy atom. The van der Waals surface area contributed by atoms with E-state index in [1.54, 1.807) is 13.8 Å². The number of hydrogen-bond donors (Lipinski definition) is 1. The van der Waals surface area contributed by atoms with Crippen LogP contribution < -0.4 is 4.72 Å². The normalized spacial score (nSPS) is 24.0. The minimum Gasteiger partial charge on any atom is -0.463 e. The number of carbonyl (C=O) groups excluding carboxylic acids is 2. The van der Waals surface area contributed by atoms with Gasteiger partial charge in [-0.2, -0.15) is 0 Å². The topological polar surface area (TPSA) is 89.5 Å². The maximum Gasteiger partial charge on any atom is 0.309 e. The van der Waals surface area contributed by atoms with Crippen LogP contribution >= 0.6 is 0 Å². The fourth-order valence-electron chi connectivity index (χ4n) is 1.67. The van der Waals surface area contributed by atoms with Crippen LogP contribution in [0.5, 0.6) is 0 Å². The molecule has 0 saturated heterocycles. The molecule has 0 aliphatic heterocycles. The van der Waals surface area contributed by atoms with Crippen molar-refractivity contribution in [1.29, 1.82) is 0 Å². The molecule has 0 bridgehead atoms. The van der Waals surface area contributed by atoms with Gasteiger partial charge in [0.2, 0.25) is 15.9 Å². The lowest BCUT2D eigenvalue weighted by atomic mass is 9.73. The van der Waals surface area contributed by atoms with E-state index in [9.17, 15) is 18.0 Å². The second-order valence-electron chi connectivity index (χ2n) is 4.51. The van der Waals surface area contributed by atoms with Gasteiger partial charge in [-0.1, -0.05) is 0 Å². The van der Waals surface area contributed by atoms with Crippen molar-refractivity contribution in [2.75, 3.05) is 6.26 Å². The van der Waals surface area contributed by atoms with E-state index in [0.717, 1.165) is 6.26 Å². The molecule has 6 nitrogen and oxygen atoms in total. The maximum atomic E-state index is 11.6. The van der Waals surface area contributed by atoms with Gasteiger partial charge < -0.3 is 4.74 Å². The summed E-state index contributed by atoms with van der Waals surface area (Å²) in [5.41, 5.74) is 0. The molecule has 1 aliphatic rings. The summed E-state index contributed by atoms with van der Waals surface area (Å²) in [6, 6.07) is 0. The highest BCUT2D eigenvalue weighted by Gasteiger charge is 2.43. The van der Waals surface area contributed by atoms with Crippen molar-refractivity contribution in [3.8, 4) is 0 Å². The van der Waals surface area contributed by atoms with Crippen LogP contribution in [0.15, 0.2) is 0 Å². The fraction of sp³-hybridized carbons (Fsp3) is 0.800. The molecule has 0 spiro atoms. The average molecular weight is 263 g/mol. The highest BCUT2D eigenvalue weighted by Crippen LogP contribution is 2.35. The zero-order valence-corrected chi connectivity index (χ0v) is 10.9. The van der Waals surface area contributed by atoms with E-state index >= 15 is 0 Å². The molecular formula is C10H17NO5S. The molecule has 0 radical (unpaired) electrons.